The Balaban J connectivity index is 4.37. The Kier molecular flexibility index (Phi) is 55.3. The maximum absolute atomic E-state index is 12.9. The first kappa shape index (κ1) is 66.1. The van der Waals surface area contributed by atoms with Crippen LogP contribution in [0.4, 0.5) is 0 Å². The summed E-state index contributed by atoms with van der Waals surface area (Å²) in [5.41, 5.74) is 0. The van der Waals surface area contributed by atoms with E-state index in [-0.39, 0.29) is 31.1 Å². The van der Waals surface area contributed by atoms with Gasteiger partial charge in [-0.25, -0.2) is 0 Å². The Hall–Kier alpha value is -2.89. The highest BCUT2D eigenvalue weighted by Crippen LogP contribution is 2.16. The first-order valence-electron chi connectivity index (χ1n) is 29.8. The highest BCUT2D eigenvalue weighted by molar-refractivity contribution is 5.71. The van der Waals surface area contributed by atoms with Crippen molar-refractivity contribution in [3.8, 4) is 0 Å². The van der Waals surface area contributed by atoms with Gasteiger partial charge in [-0.2, -0.15) is 0 Å². The molecule has 0 spiro atoms. The number of carbonyl (C=O) groups is 3. The summed E-state index contributed by atoms with van der Waals surface area (Å²) in [4.78, 5) is 38.2. The first-order valence-corrected chi connectivity index (χ1v) is 29.8. The molecule has 0 saturated carbocycles. The van der Waals surface area contributed by atoms with E-state index in [0.29, 0.717) is 19.3 Å². The first-order chi connectivity index (χ1) is 34.0. The van der Waals surface area contributed by atoms with Crippen LogP contribution in [0.1, 0.15) is 303 Å². The quantitative estimate of drug-likeness (QED) is 0.0262. The van der Waals surface area contributed by atoms with Gasteiger partial charge >= 0.3 is 17.9 Å². The Morgan fingerprint density at radius 3 is 0.928 bits per heavy atom. The van der Waals surface area contributed by atoms with E-state index in [9.17, 15) is 14.4 Å². The molecule has 69 heavy (non-hydrogen) atoms. The zero-order valence-corrected chi connectivity index (χ0v) is 45.8. The normalized spacial score (nSPS) is 12.4. The van der Waals surface area contributed by atoms with E-state index in [1.54, 1.807) is 0 Å². The molecule has 0 unspecified atom stereocenters. The van der Waals surface area contributed by atoms with Crippen molar-refractivity contribution in [1.82, 2.24) is 0 Å². The van der Waals surface area contributed by atoms with Crippen molar-refractivity contribution in [2.24, 2.45) is 0 Å². The molecule has 0 heterocycles. The Morgan fingerprint density at radius 1 is 0.304 bits per heavy atom. The van der Waals surface area contributed by atoms with Crippen LogP contribution in [0.15, 0.2) is 60.8 Å². The summed E-state index contributed by atoms with van der Waals surface area (Å²) in [5.74, 6) is -0.914. The minimum Gasteiger partial charge on any atom is -0.462 e. The molecule has 0 N–H and O–H groups in total. The monoisotopic (exact) mass is 965 g/mol. The highest BCUT2D eigenvalue weighted by atomic mass is 16.6. The van der Waals surface area contributed by atoms with Crippen LogP contribution in [-0.2, 0) is 28.6 Å². The molecule has 0 saturated heterocycles. The van der Waals surface area contributed by atoms with Crippen molar-refractivity contribution in [2.45, 2.75) is 309 Å². The highest BCUT2D eigenvalue weighted by Gasteiger charge is 2.19. The average molecular weight is 966 g/mol. The second kappa shape index (κ2) is 57.7. The average Bonchev–Trinajstić information content (AvgIpc) is 3.35. The lowest BCUT2D eigenvalue weighted by Gasteiger charge is -2.18. The van der Waals surface area contributed by atoms with Crippen LogP contribution < -0.4 is 0 Å². The number of esters is 3. The minimum atomic E-state index is -0.790. The van der Waals surface area contributed by atoms with Crippen molar-refractivity contribution in [2.75, 3.05) is 13.2 Å². The molecular weight excluding hydrogens is 853 g/mol. The SMILES string of the molecule is CC/C=C\C/C=C\C/C=C\C/C=C\CCCCC(=O)OC[C@H](COC(=O)CCCCCCCCCCCCCCCCC)OC(=O)CCCCCCCCCCCCC/C=C\CCCCCCCC. The van der Waals surface area contributed by atoms with Crippen LogP contribution in [0.3, 0.4) is 0 Å². The number of carbonyl (C=O) groups excluding carboxylic acids is 3. The van der Waals surface area contributed by atoms with Gasteiger partial charge in [-0.1, -0.05) is 261 Å². The third-order valence-corrected chi connectivity index (χ3v) is 13.0. The molecule has 0 amide bonds. The van der Waals surface area contributed by atoms with Crippen LogP contribution in [0.5, 0.6) is 0 Å². The lowest BCUT2D eigenvalue weighted by molar-refractivity contribution is -0.167. The molecule has 6 heteroatoms. The maximum Gasteiger partial charge on any atom is 0.306 e. The lowest BCUT2D eigenvalue weighted by Crippen LogP contribution is -2.30. The zero-order valence-electron chi connectivity index (χ0n) is 45.8. The fraction of sp³-hybridized carbons (Fsp3) is 0.794. The molecule has 0 rings (SSSR count). The molecule has 0 bridgehead atoms. The van der Waals surface area contributed by atoms with Crippen LogP contribution in [0, 0.1) is 0 Å². The molecule has 1 atom stereocenters. The van der Waals surface area contributed by atoms with E-state index < -0.39 is 6.10 Å². The van der Waals surface area contributed by atoms with Gasteiger partial charge in [-0.3, -0.25) is 14.4 Å². The van der Waals surface area contributed by atoms with Gasteiger partial charge in [0.2, 0.25) is 0 Å². The van der Waals surface area contributed by atoms with E-state index in [1.807, 2.05) is 0 Å². The molecule has 400 valence electrons. The number of hydrogen-bond donors (Lipinski definition) is 0. The fourth-order valence-corrected chi connectivity index (χ4v) is 8.55. The number of ether oxygens (including phenoxy) is 3. The molecule has 6 nitrogen and oxygen atoms in total. The third-order valence-electron chi connectivity index (χ3n) is 13.0. The van der Waals surface area contributed by atoms with Gasteiger partial charge in [0.25, 0.3) is 0 Å². The van der Waals surface area contributed by atoms with Crippen molar-refractivity contribution >= 4 is 17.9 Å². The van der Waals surface area contributed by atoms with Gasteiger partial charge in [0.15, 0.2) is 6.10 Å². The standard InChI is InChI=1S/C63H112O6/c1-4-7-10-13-16-19-22-25-28-29-30-31-32-33-36-39-42-45-48-51-54-57-63(66)69-60(58-67-61(64)55-52-49-46-43-40-37-34-26-23-20-17-14-11-8-5-2)59-68-62(65)56-53-50-47-44-41-38-35-27-24-21-18-15-12-9-6-3/h8,11,17,20,25-26,28,34,40,43,60H,4-7,9-10,12-16,18-19,21-24,27,29-33,35-39,41-42,44-59H2,1-3H3/b11-8-,20-17-,28-25-,34-26-,43-40-/t60-/m1/s1. The Labute approximate surface area is 428 Å². The predicted molar refractivity (Wildman–Crippen MR) is 298 cm³/mol. The summed E-state index contributed by atoms with van der Waals surface area (Å²) in [7, 11) is 0. The summed E-state index contributed by atoms with van der Waals surface area (Å²) >= 11 is 0. The summed E-state index contributed by atoms with van der Waals surface area (Å²) < 4.78 is 16.9. The largest absolute Gasteiger partial charge is 0.462 e. The van der Waals surface area contributed by atoms with E-state index in [0.717, 1.165) is 83.5 Å². The molecule has 0 aliphatic rings. The van der Waals surface area contributed by atoms with Crippen LogP contribution in [-0.4, -0.2) is 37.2 Å². The second-order valence-corrected chi connectivity index (χ2v) is 19.9. The summed E-state index contributed by atoms with van der Waals surface area (Å²) in [6.45, 7) is 6.52. The van der Waals surface area contributed by atoms with E-state index in [1.165, 1.54) is 180 Å². The van der Waals surface area contributed by atoms with E-state index in [2.05, 4.69) is 81.5 Å². The number of rotatable bonds is 54. The van der Waals surface area contributed by atoms with Gasteiger partial charge in [0.1, 0.15) is 13.2 Å². The van der Waals surface area contributed by atoms with Gasteiger partial charge < -0.3 is 14.2 Å². The molecule has 0 aromatic rings. The van der Waals surface area contributed by atoms with Gasteiger partial charge in [-0.15, -0.1) is 0 Å². The zero-order chi connectivity index (χ0) is 50.0. The van der Waals surface area contributed by atoms with Crippen molar-refractivity contribution in [3.05, 3.63) is 60.8 Å². The van der Waals surface area contributed by atoms with Crippen molar-refractivity contribution in [3.63, 3.8) is 0 Å². The lowest BCUT2D eigenvalue weighted by atomic mass is 10.0. The molecule has 0 aliphatic heterocycles. The third kappa shape index (κ3) is 55.9. The van der Waals surface area contributed by atoms with E-state index >= 15 is 0 Å². The van der Waals surface area contributed by atoms with Crippen LogP contribution in [0.25, 0.3) is 0 Å². The Bertz CT molecular complexity index is 1250. The summed E-state index contributed by atoms with van der Waals surface area (Å²) in [6, 6.07) is 0. The molecule has 0 fully saturated rings. The van der Waals surface area contributed by atoms with Gasteiger partial charge in [0.05, 0.1) is 0 Å². The topological polar surface area (TPSA) is 78.9 Å². The van der Waals surface area contributed by atoms with Crippen molar-refractivity contribution < 1.29 is 28.6 Å². The molecule has 0 aromatic carbocycles. The van der Waals surface area contributed by atoms with Crippen LogP contribution >= 0.6 is 0 Å². The molecule has 0 aliphatic carbocycles. The summed E-state index contributed by atoms with van der Waals surface area (Å²) in [6.07, 6.45) is 72.2. The number of unbranched alkanes of at least 4 members (excludes halogenated alkanes) is 33. The minimum absolute atomic E-state index is 0.0845. The number of hydrogen-bond acceptors (Lipinski definition) is 6. The number of allylic oxidation sites excluding steroid dienone is 10. The Morgan fingerprint density at radius 2 is 0.565 bits per heavy atom. The molecule has 0 aromatic heterocycles. The summed E-state index contributed by atoms with van der Waals surface area (Å²) in [5, 5.41) is 0. The maximum atomic E-state index is 12.9. The van der Waals surface area contributed by atoms with Gasteiger partial charge in [0, 0.05) is 19.3 Å². The fourth-order valence-electron chi connectivity index (χ4n) is 8.55. The predicted octanol–water partition coefficient (Wildman–Crippen LogP) is 20.0. The van der Waals surface area contributed by atoms with E-state index in [4.69, 9.17) is 14.2 Å². The van der Waals surface area contributed by atoms with Crippen molar-refractivity contribution in [1.29, 1.82) is 0 Å². The second-order valence-electron chi connectivity index (χ2n) is 19.9. The van der Waals surface area contributed by atoms with Crippen LogP contribution in [0.2, 0.25) is 0 Å². The van der Waals surface area contributed by atoms with Gasteiger partial charge in [-0.05, 0) is 83.5 Å². The smallest absolute Gasteiger partial charge is 0.306 e. The molecule has 0 radical (unpaired) electrons. The molecular formula is C63H112O6.